The molecule has 0 saturated heterocycles. The van der Waals surface area contributed by atoms with Crippen LogP contribution in [0.4, 0.5) is 14.5 Å². The maximum absolute atomic E-state index is 14.1. The molecular weight excluding hydrogens is 246 g/mol. The van der Waals surface area contributed by atoms with Crippen molar-refractivity contribution in [1.82, 2.24) is 5.32 Å². The first-order chi connectivity index (χ1) is 9.13. The number of benzene rings is 1. The van der Waals surface area contributed by atoms with Crippen LogP contribution in [0.3, 0.4) is 0 Å². The third-order valence-corrected chi connectivity index (χ3v) is 3.93. The second kappa shape index (κ2) is 6.33. The van der Waals surface area contributed by atoms with E-state index in [1.165, 1.54) is 18.6 Å². The van der Waals surface area contributed by atoms with Crippen LogP contribution in [0, 0.1) is 11.6 Å². The molecule has 0 spiro atoms. The summed E-state index contributed by atoms with van der Waals surface area (Å²) < 4.78 is 28.3. The molecule has 0 bridgehead atoms. The van der Waals surface area contributed by atoms with Crippen molar-refractivity contribution in [3.63, 3.8) is 0 Å². The summed E-state index contributed by atoms with van der Waals surface area (Å²) in [6.07, 6.45) is 5.57. The lowest BCUT2D eigenvalue weighted by atomic mass is 9.94. The molecular formula is C15H22F2N2. The highest BCUT2D eigenvalue weighted by Gasteiger charge is 2.23. The normalized spacial score (nSPS) is 16.6. The Morgan fingerprint density at radius 1 is 1.16 bits per heavy atom. The summed E-state index contributed by atoms with van der Waals surface area (Å²) in [6, 6.07) is 3.11. The molecule has 0 aliphatic heterocycles. The summed E-state index contributed by atoms with van der Waals surface area (Å²) in [5.41, 5.74) is 0.755. The first-order valence-electron chi connectivity index (χ1n) is 6.99. The van der Waals surface area contributed by atoms with Crippen LogP contribution in [0.15, 0.2) is 12.1 Å². The smallest absolute Gasteiger partial charge is 0.149 e. The van der Waals surface area contributed by atoms with Crippen molar-refractivity contribution in [3.05, 3.63) is 29.3 Å². The van der Waals surface area contributed by atoms with E-state index < -0.39 is 11.6 Å². The van der Waals surface area contributed by atoms with Gasteiger partial charge in [0.2, 0.25) is 0 Å². The Bertz CT molecular complexity index is 405. The lowest BCUT2D eigenvalue weighted by Crippen LogP contribution is -2.34. The monoisotopic (exact) mass is 268 g/mol. The number of nitrogens with one attached hydrogen (secondary N) is 1. The van der Waals surface area contributed by atoms with Gasteiger partial charge in [-0.1, -0.05) is 19.3 Å². The van der Waals surface area contributed by atoms with Gasteiger partial charge in [-0.25, -0.2) is 8.78 Å². The molecule has 0 atom stereocenters. The average Bonchev–Trinajstić information content (AvgIpc) is 2.39. The van der Waals surface area contributed by atoms with E-state index in [1.54, 1.807) is 19.0 Å². The molecule has 2 rings (SSSR count). The Hall–Kier alpha value is -1.16. The van der Waals surface area contributed by atoms with Crippen molar-refractivity contribution in [2.45, 2.75) is 44.7 Å². The van der Waals surface area contributed by atoms with Gasteiger partial charge in [0.05, 0.1) is 0 Å². The van der Waals surface area contributed by atoms with E-state index in [-0.39, 0.29) is 11.7 Å². The second-order valence-electron chi connectivity index (χ2n) is 5.34. The van der Waals surface area contributed by atoms with Gasteiger partial charge in [-0.3, -0.25) is 0 Å². The molecule has 0 aromatic heterocycles. The van der Waals surface area contributed by atoms with E-state index in [2.05, 4.69) is 5.32 Å². The zero-order chi connectivity index (χ0) is 13.8. The molecule has 1 fully saturated rings. The maximum Gasteiger partial charge on any atom is 0.149 e. The molecule has 2 nitrogen and oxygen atoms in total. The maximum atomic E-state index is 14.1. The minimum absolute atomic E-state index is 0.117. The molecule has 1 aliphatic rings. The average molecular weight is 268 g/mol. The number of hydrogen-bond acceptors (Lipinski definition) is 2. The first-order valence-corrected chi connectivity index (χ1v) is 6.99. The van der Waals surface area contributed by atoms with Crippen LogP contribution in [0.25, 0.3) is 0 Å². The van der Waals surface area contributed by atoms with Crippen molar-refractivity contribution in [3.8, 4) is 0 Å². The van der Waals surface area contributed by atoms with Gasteiger partial charge in [0.1, 0.15) is 17.3 Å². The van der Waals surface area contributed by atoms with Crippen LogP contribution >= 0.6 is 0 Å². The van der Waals surface area contributed by atoms with Gasteiger partial charge in [-0.05, 0) is 37.6 Å². The van der Waals surface area contributed by atoms with E-state index in [4.69, 9.17) is 0 Å². The Balaban J connectivity index is 2.23. The third-order valence-electron chi connectivity index (χ3n) is 3.93. The van der Waals surface area contributed by atoms with Crippen molar-refractivity contribution in [2.24, 2.45) is 0 Å². The Labute approximate surface area is 113 Å². The van der Waals surface area contributed by atoms with Gasteiger partial charge in [0.15, 0.2) is 0 Å². The molecule has 1 N–H and O–H groups in total. The highest BCUT2D eigenvalue weighted by Crippen LogP contribution is 2.30. The molecule has 0 heterocycles. The fourth-order valence-corrected chi connectivity index (χ4v) is 2.91. The van der Waals surface area contributed by atoms with Crippen molar-refractivity contribution in [2.75, 3.05) is 19.0 Å². The molecule has 4 heteroatoms. The van der Waals surface area contributed by atoms with Crippen LogP contribution in [0.2, 0.25) is 0 Å². The predicted molar refractivity (Wildman–Crippen MR) is 74.4 cm³/mol. The zero-order valence-corrected chi connectivity index (χ0v) is 11.7. The van der Waals surface area contributed by atoms with Gasteiger partial charge < -0.3 is 10.2 Å². The largest absolute Gasteiger partial charge is 0.367 e. The highest BCUT2D eigenvalue weighted by atomic mass is 19.1. The fraction of sp³-hybridized carbons (Fsp3) is 0.600. The number of nitrogens with zero attached hydrogens (tertiary/aromatic N) is 1. The summed E-state index contributed by atoms with van der Waals surface area (Å²) in [5, 5.41) is 2.90. The van der Waals surface area contributed by atoms with Crippen LogP contribution in [-0.4, -0.2) is 20.1 Å². The summed E-state index contributed by atoms with van der Waals surface area (Å²) >= 11 is 0. The zero-order valence-electron chi connectivity index (χ0n) is 11.7. The summed E-state index contributed by atoms with van der Waals surface area (Å²) in [6.45, 7) is 0.473. The van der Waals surface area contributed by atoms with E-state index in [1.807, 2.05) is 0 Å². The van der Waals surface area contributed by atoms with E-state index in [9.17, 15) is 8.78 Å². The number of hydrogen-bond donors (Lipinski definition) is 1. The van der Waals surface area contributed by atoms with E-state index in [0.29, 0.717) is 12.1 Å². The molecule has 0 amide bonds. The van der Waals surface area contributed by atoms with E-state index in [0.717, 1.165) is 25.7 Å². The molecule has 0 radical (unpaired) electrons. The lowest BCUT2D eigenvalue weighted by Gasteiger charge is -2.33. The topological polar surface area (TPSA) is 15.3 Å². The lowest BCUT2D eigenvalue weighted by molar-refractivity contribution is 0.420. The molecule has 19 heavy (non-hydrogen) atoms. The van der Waals surface area contributed by atoms with Crippen molar-refractivity contribution < 1.29 is 8.78 Å². The van der Waals surface area contributed by atoms with Crippen LogP contribution in [0.5, 0.6) is 0 Å². The first kappa shape index (κ1) is 14.3. The highest BCUT2D eigenvalue weighted by molar-refractivity contribution is 5.51. The van der Waals surface area contributed by atoms with Crippen molar-refractivity contribution in [1.29, 1.82) is 0 Å². The summed E-state index contributed by atoms with van der Waals surface area (Å²) in [4.78, 5) is 1.78. The molecule has 0 unspecified atom stereocenters. The minimum atomic E-state index is -0.460. The number of halogens is 2. The van der Waals surface area contributed by atoms with Crippen molar-refractivity contribution >= 4 is 5.69 Å². The third kappa shape index (κ3) is 3.24. The molecule has 1 aliphatic carbocycles. The van der Waals surface area contributed by atoms with Gasteiger partial charge in [-0.15, -0.1) is 0 Å². The molecule has 1 aromatic carbocycles. The molecule has 106 valence electrons. The summed E-state index contributed by atoms with van der Waals surface area (Å²) in [5.74, 6) is -0.920. The van der Waals surface area contributed by atoms with Gasteiger partial charge in [0.25, 0.3) is 0 Å². The van der Waals surface area contributed by atoms with Gasteiger partial charge >= 0.3 is 0 Å². The number of rotatable bonds is 4. The van der Waals surface area contributed by atoms with Gasteiger partial charge in [0, 0.05) is 19.6 Å². The predicted octanol–water partition coefficient (Wildman–Crippen LogP) is 3.45. The summed E-state index contributed by atoms with van der Waals surface area (Å²) in [7, 11) is 3.56. The standard InChI is InChI=1S/C15H22F2N2/c1-18-10-11-8-13(16)15(14(17)9-11)19(2)12-6-4-3-5-7-12/h8-9,12,18H,3-7,10H2,1-2H3. The Morgan fingerprint density at radius 2 is 1.74 bits per heavy atom. The quantitative estimate of drug-likeness (QED) is 0.899. The van der Waals surface area contributed by atoms with Crippen LogP contribution < -0.4 is 10.2 Å². The molecule has 1 aromatic rings. The van der Waals surface area contributed by atoms with E-state index >= 15 is 0 Å². The molecule has 1 saturated carbocycles. The number of anilines is 1. The second-order valence-corrected chi connectivity index (χ2v) is 5.34. The Morgan fingerprint density at radius 3 is 2.26 bits per heavy atom. The Kier molecular flexibility index (Phi) is 4.75. The minimum Gasteiger partial charge on any atom is -0.367 e. The van der Waals surface area contributed by atoms with Crippen LogP contribution in [-0.2, 0) is 6.54 Å². The SMILES string of the molecule is CNCc1cc(F)c(N(C)C2CCCCC2)c(F)c1. The fourth-order valence-electron chi connectivity index (χ4n) is 2.91. The van der Waals surface area contributed by atoms with Crippen LogP contribution in [0.1, 0.15) is 37.7 Å². The van der Waals surface area contributed by atoms with Gasteiger partial charge in [-0.2, -0.15) is 0 Å².